The normalized spacial score (nSPS) is 10.3. The van der Waals surface area contributed by atoms with Gasteiger partial charge in [-0.15, -0.1) is 10.2 Å². The van der Waals surface area contributed by atoms with Crippen LogP contribution in [0.3, 0.4) is 0 Å². The second-order valence-electron chi connectivity index (χ2n) is 3.21. The average molecular weight is 316 g/mol. The van der Waals surface area contributed by atoms with Crippen LogP contribution in [0, 0.1) is 12.7 Å². The van der Waals surface area contributed by atoms with Gasteiger partial charge >= 0.3 is 0 Å². The van der Waals surface area contributed by atoms with Gasteiger partial charge in [0.15, 0.2) is 0 Å². The molecule has 0 aliphatic heterocycles. The molecule has 0 aliphatic carbocycles. The summed E-state index contributed by atoms with van der Waals surface area (Å²) in [5, 5.41) is 11.3. The number of halogens is 2. The Labute approximate surface area is 109 Å². The summed E-state index contributed by atoms with van der Waals surface area (Å²) in [5.41, 5.74) is 0.353. The molecule has 0 unspecified atom stereocenters. The summed E-state index contributed by atoms with van der Waals surface area (Å²) < 4.78 is 13.2. The minimum Gasteiger partial charge on any atom is -0.296 e. The zero-order valence-corrected chi connectivity index (χ0v) is 11.1. The van der Waals surface area contributed by atoms with Gasteiger partial charge in [0.05, 0.1) is 4.47 Å². The molecule has 0 bridgehead atoms. The van der Waals surface area contributed by atoms with Crippen LogP contribution in [0.2, 0.25) is 0 Å². The number of anilines is 1. The van der Waals surface area contributed by atoms with Crippen molar-refractivity contribution in [2.24, 2.45) is 0 Å². The number of aromatic nitrogens is 2. The molecular weight excluding hydrogens is 309 g/mol. The number of hydrogen-bond donors (Lipinski definition) is 1. The summed E-state index contributed by atoms with van der Waals surface area (Å²) in [6.07, 6.45) is 0. The predicted molar refractivity (Wildman–Crippen MR) is 66.7 cm³/mol. The quantitative estimate of drug-likeness (QED) is 0.926. The van der Waals surface area contributed by atoms with Crippen LogP contribution in [0.5, 0.6) is 0 Å². The van der Waals surface area contributed by atoms with Crippen LogP contribution < -0.4 is 5.32 Å². The zero-order valence-electron chi connectivity index (χ0n) is 8.70. The van der Waals surface area contributed by atoms with Gasteiger partial charge in [0.1, 0.15) is 10.8 Å². The number of rotatable bonds is 2. The molecule has 0 radical (unpaired) electrons. The number of amides is 1. The third-order valence-electron chi connectivity index (χ3n) is 1.93. The fourth-order valence-electron chi connectivity index (χ4n) is 1.15. The van der Waals surface area contributed by atoms with Crippen molar-refractivity contribution in [1.29, 1.82) is 0 Å². The number of hydrogen-bond acceptors (Lipinski definition) is 4. The topological polar surface area (TPSA) is 54.9 Å². The van der Waals surface area contributed by atoms with Gasteiger partial charge in [-0.25, -0.2) is 4.39 Å². The first-order valence-corrected chi connectivity index (χ1v) is 6.24. The third kappa shape index (κ3) is 2.86. The lowest BCUT2D eigenvalue weighted by Crippen LogP contribution is -2.11. The predicted octanol–water partition coefficient (Wildman–Crippen LogP) is 3.00. The number of benzene rings is 1. The van der Waals surface area contributed by atoms with Gasteiger partial charge in [0, 0.05) is 5.56 Å². The van der Waals surface area contributed by atoms with Crippen LogP contribution in [0.4, 0.5) is 9.52 Å². The molecule has 1 amide bonds. The van der Waals surface area contributed by atoms with E-state index >= 15 is 0 Å². The molecule has 2 aromatic rings. The summed E-state index contributed by atoms with van der Waals surface area (Å²) in [7, 11) is 0. The lowest BCUT2D eigenvalue weighted by atomic mass is 10.2. The Balaban J connectivity index is 2.17. The summed E-state index contributed by atoms with van der Waals surface area (Å²) in [4.78, 5) is 11.8. The maximum absolute atomic E-state index is 13.0. The maximum atomic E-state index is 13.0. The molecule has 4 nitrogen and oxygen atoms in total. The van der Waals surface area contributed by atoms with Gasteiger partial charge < -0.3 is 0 Å². The van der Waals surface area contributed by atoms with Crippen molar-refractivity contribution in [2.75, 3.05) is 5.32 Å². The van der Waals surface area contributed by atoms with E-state index < -0.39 is 5.82 Å². The first kappa shape index (κ1) is 12.1. The van der Waals surface area contributed by atoms with Crippen LogP contribution >= 0.6 is 27.3 Å². The average Bonchev–Trinajstić information content (AvgIpc) is 2.68. The Hall–Kier alpha value is -1.34. The fourth-order valence-corrected chi connectivity index (χ4v) is 2.12. The molecule has 0 fully saturated rings. The van der Waals surface area contributed by atoms with Gasteiger partial charge in [-0.1, -0.05) is 11.3 Å². The number of nitrogens with one attached hydrogen (secondary N) is 1. The van der Waals surface area contributed by atoms with Crippen molar-refractivity contribution in [2.45, 2.75) is 6.92 Å². The highest BCUT2D eigenvalue weighted by molar-refractivity contribution is 9.10. The standard InChI is InChI=1S/C10H7BrFN3OS/c1-5-14-15-10(17-5)13-9(16)6-2-3-8(12)7(11)4-6/h2-4H,1H3,(H,13,15,16). The molecule has 7 heteroatoms. The molecule has 2 rings (SSSR count). The van der Waals surface area contributed by atoms with Gasteiger partial charge in [-0.2, -0.15) is 0 Å². The fraction of sp³-hybridized carbons (Fsp3) is 0.100. The Morgan fingerprint density at radius 1 is 1.47 bits per heavy atom. The first-order valence-electron chi connectivity index (χ1n) is 4.63. The van der Waals surface area contributed by atoms with Crippen LogP contribution in [0.25, 0.3) is 0 Å². The minimum absolute atomic E-state index is 0.249. The molecular formula is C10H7BrFN3OS. The number of carbonyl (C=O) groups excluding carboxylic acids is 1. The van der Waals surface area contributed by atoms with Crippen molar-refractivity contribution in [1.82, 2.24) is 10.2 Å². The van der Waals surface area contributed by atoms with Gasteiger partial charge in [0.2, 0.25) is 5.13 Å². The highest BCUT2D eigenvalue weighted by Gasteiger charge is 2.10. The molecule has 0 saturated heterocycles. The molecule has 0 saturated carbocycles. The van der Waals surface area contributed by atoms with E-state index in [0.29, 0.717) is 10.7 Å². The van der Waals surface area contributed by atoms with E-state index in [1.54, 1.807) is 6.92 Å². The van der Waals surface area contributed by atoms with Crippen molar-refractivity contribution in [3.8, 4) is 0 Å². The van der Waals surface area contributed by atoms with Crippen molar-refractivity contribution in [3.05, 3.63) is 39.1 Å². The van der Waals surface area contributed by atoms with Crippen LogP contribution in [0.15, 0.2) is 22.7 Å². The van der Waals surface area contributed by atoms with E-state index in [9.17, 15) is 9.18 Å². The van der Waals surface area contributed by atoms with Gasteiger partial charge in [-0.3, -0.25) is 10.1 Å². The second kappa shape index (κ2) is 4.89. The van der Waals surface area contributed by atoms with E-state index in [-0.39, 0.29) is 10.4 Å². The Morgan fingerprint density at radius 2 is 2.24 bits per heavy atom. The minimum atomic E-state index is -0.409. The van der Waals surface area contributed by atoms with E-state index in [1.807, 2.05) is 0 Å². The number of nitrogens with zero attached hydrogens (tertiary/aromatic N) is 2. The van der Waals surface area contributed by atoms with E-state index in [1.165, 1.54) is 29.5 Å². The highest BCUT2D eigenvalue weighted by Crippen LogP contribution is 2.19. The van der Waals surface area contributed by atoms with E-state index in [0.717, 1.165) is 5.01 Å². The van der Waals surface area contributed by atoms with Gasteiger partial charge in [-0.05, 0) is 41.1 Å². The second-order valence-corrected chi connectivity index (χ2v) is 5.25. The van der Waals surface area contributed by atoms with Crippen LogP contribution in [-0.2, 0) is 0 Å². The largest absolute Gasteiger partial charge is 0.296 e. The highest BCUT2D eigenvalue weighted by atomic mass is 79.9. The number of aryl methyl sites for hydroxylation is 1. The first-order chi connectivity index (χ1) is 8.06. The van der Waals surface area contributed by atoms with E-state index in [4.69, 9.17) is 0 Å². The summed E-state index contributed by atoms with van der Waals surface area (Å²) in [5.74, 6) is -0.754. The van der Waals surface area contributed by atoms with Crippen molar-refractivity contribution >= 4 is 38.3 Å². The molecule has 1 aromatic heterocycles. The maximum Gasteiger partial charge on any atom is 0.257 e. The Bertz CT molecular complexity index is 572. The molecule has 1 aromatic carbocycles. The summed E-state index contributed by atoms with van der Waals surface area (Å²) >= 11 is 4.30. The van der Waals surface area contributed by atoms with E-state index in [2.05, 4.69) is 31.4 Å². The summed E-state index contributed by atoms with van der Waals surface area (Å²) in [6.45, 7) is 1.79. The molecule has 88 valence electrons. The molecule has 0 atom stereocenters. The van der Waals surface area contributed by atoms with Crippen molar-refractivity contribution < 1.29 is 9.18 Å². The molecule has 0 aliphatic rings. The van der Waals surface area contributed by atoms with Gasteiger partial charge in [0.25, 0.3) is 5.91 Å². The molecule has 0 spiro atoms. The Kier molecular flexibility index (Phi) is 3.49. The Morgan fingerprint density at radius 3 is 2.82 bits per heavy atom. The lowest BCUT2D eigenvalue weighted by molar-refractivity contribution is 0.102. The monoisotopic (exact) mass is 315 g/mol. The molecule has 1 N–H and O–H groups in total. The zero-order chi connectivity index (χ0) is 12.4. The molecule has 1 heterocycles. The van der Waals surface area contributed by atoms with Crippen molar-refractivity contribution in [3.63, 3.8) is 0 Å². The summed E-state index contributed by atoms with van der Waals surface area (Å²) in [6, 6.07) is 4.05. The van der Waals surface area contributed by atoms with Crippen LogP contribution in [-0.4, -0.2) is 16.1 Å². The number of carbonyl (C=O) groups is 1. The third-order valence-corrected chi connectivity index (χ3v) is 3.29. The van der Waals surface area contributed by atoms with Crippen LogP contribution in [0.1, 0.15) is 15.4 Å². The molecule has 17 heavy (non-hydrogen) atoms. The lowest BCUT2D eigenvalue weighted by Gasteiger charge is -2.02. The SMILES string of the molecule is Cc1nnc(NC(=O)c2ccc(F)c(Br)c2)s1. The smallest absolute Gasteiger partial charge is 0.257 e.